The van der Waals surface area contributed by atoms with E-state index in [0.717, 1.165) is 16.7 Å². The third-order valence-corrected chi connectivity index (χ3v) is 6.51. The Morgan fingerprint density at radius 3 is 1.56 bits per heavy atom. The van der Waals surface area contributed by atoms with Gasteiger partial charge in [0.05, 0.1) is 17.0 Å². The maximum Gasteiger partial charge on any atom is 0.244 e. The molecule has 4 heteroatoms. The minimum atomic E-state index is -3.54. The van der Waals surface area contributed by atoms with Crippen molar-refractivity contribution in [1.29, 1.82) is 0 Å². The molecule has 3 nitrogen and oxygen atoms in total. The molecule has 3 aromatic carbocycles. The van der Waals surface area contributed by atoms with Gasteiger partial charge in [0.1, 0.15) is 0 Å². The number of rotatable bonds is 4. The Morgan fingerprint density at radius 1 is 0.680 bits per heavy atom. The summed E-state index contributed by atoms with van der Waals surface area (Å²) in [6, 6.07) is 26.4. The van der Waals surface area contributed by atoms with E-state index in [4.69, 9.17) is 0 Å². The van der Waals surface area contributed by atoms with E-state index < -0.39 is 10.0 Å². The van der Waals surface area contributed by atoms with E-state index in [1.54, 1.807) is 16.4 Å². The fourth-order valence-corrected chi connectivity index (χ4v) is 5.04. The van der Waals surface area contributed by atoms with Crippen molar-refractivity contribution in [1.82, 2.24) is 4.31 Å². The van der Waals surface area contributed by atoms with E-state index in [-0.39, 0.29) is 12.1 Å². The SMILES string of the molecule is Cc1ccc(S(=O)(=O)N2[C@@H](c3ccccc3)[C@@H]2c2ccccc2)cc1. The lowest BCUT2D eigenvalue weighted by molar-refractivity contribution is 0.547. The summed E-state index contributed by atoms with van der Waals surface area (Å²) in [5, 5.41) is 0. The molecule has 3 aromatic rings. The summed E-state index contributed by atoms with van der Waals surface area (Å²) < 4.78 is 28.0. The summed E-state index contributed by atoms with van der Waals surface area (Å²) in [6.45, 7) is 1.95. The van der Waals surface area contributed by atoms with Gasteiger partial charge in [-0.15, -0.1) is 0 Å². The van der Waals surface area contributed by atoms with E-state index in [2.05, 4.69) is 0 Å². The number of benzene rings is 3. The molecule has 1 fully saturated rings. The van der Waals surface area contributed by atoms with Crippen molar-refractivity contribution < 1.29 is 8.42 Å². The normalized spacial score (nSPS) is 22.5. The standard InChI is InChI=1S/C21H19NO2S/c1-16-12-14-19(15-13-16)25(23,24)22-20(17-8-4-2-5-9-17)21(22)18-10-6-3-7-11-18/h2-15,20-21H,1H3/t20-,21-/m0/s1. The van der Waals surface area contributed by atoms with Gasteiger partial charge in [-0.1, -0.05) is 78.4 Å². The first-order valence-electron chi connectivity index (χ1n) is 8.29. The molecule has 0 radical (unpaired) electrons. The highest BCUT2D eigenvalue weighted by molar-refractivity contribution is 7.89. The number of hydrogen-bond acceptors (Lipinski definition) is 2. The number of hydrogen-bond donors (Lipinski definition) is 0. The molecule has 0 bridgehead atoms. The maximum atomic E-state index is 13.2. The second kappa shape index (κ2) is 6.14. The molecule has 0 aromatic heterocycles. The Balaban J connectivity index is 1.77. The highest BCUT2D eigenvalue weighted by Crippen LogP contribution is 2.57. The van der Waals surface area contributed by atoms with Crippen LogP contribution in [0.3, 0.4) is 0 Å². The van der Waals surface area contributed by atoms with Gasteiger partial charge in [0.25, 0.3) is 0 Å². The summed E-state index contributed by atoms with van der Waals surface area (Å²) >= 11 is 0. The maximum absolute atomic E-state index is 13.2. The van der Waals surface area contributed by atoms with Crippen molar-refractivity contribution in [3.05, 3.63) is 102 Å². The van der Waals surface area contributed by atoms with Crippen molar-refractivity contribution >= 4 is 10.0 Å². The highest BCUT2D eigenvalue weighted by Gasteiger charge is 2.56. The Morgan fingerprint density at radius 2 is 1.12 bits per heavy atom. The molecule has 0 N–H and O–H groups in total. The minimum Gasteiger partial charge on any atom is -0.207 e. The van der Waals surface area contributed by atoms with Gasteiger partial charge < -0.3 is 0 Å². The molecule has 0 saturated carbocycles. The van der Waals surface area contributed by atoms with Crippen LogP contribution in [0, 0.1) is 6.92 Å². The number of aryl methyl sites for hydroxylation is 1. The van der Waals surface area contributed by atoms with E-state index in [1.165, 1.54) is 0 Å². The molecule has 0 unspecified atom stereocenters. The van der Waals surface area contributed by atoms with Crippen LogP contribution >= 0.6 is 0 Å². The monoisotopic (exact) mass is 349 g/mol. The van der Waals surface area contributed by atoms with Crippen LogP contribution in [0.4, 0.5) is 0 Å². The van der Waals surface area contributed by atoms with Gasteiger partial charge in [0, 0.05) is 0 Å². The van der Waals surface area contributed by atoms with E-state index >= 15 is 0 Å². The Kier molecular flexibility index (Phi) is 3.94. The first-order chi connectivity index (χ1) is 12.1. The van der Waals surface area contributed by atoms with Crippen LogP contribution in [-0.4, -0.2) is 12.7 Å². The lowest BCUT2D eigenvalue weighted by Gasteiger charge is -2.07. The fraction of sp³-hybridized carbons (Fsp3) is 0.143. The molecule has 126 valence electrons. The molecule has 1 aliphatic rings. The first-order valence-corrected chi connectivity index (χ1v) is 9.73. The predicted molar refractivity (Wildman–Crippen MR) is 98.6 cm³/mol. The summed E-state index contributed by atoms with van der Waals surface area (Å²) in [7, 11) is -3.54. The van der Waals surface area contributed by atoms with Gasteiger partial charge in [-0.2, -0.15) is 4.31 Å². The fourth-order valence-electron chi connectivity index (χ4n) is 3.30. The first kappa shape index (κ1) is 16.1. The Labute approximate surface area is 148 Å². The highest BCUT2D eigenvalue weighted by atomic mass is 32.2. The molecular weight excluding hydrogens is 330 g/mol. The van der Waals surface area contributed by atoms with Crippen LogP contribution in [0.2, 0.25) is 0 Å². The van der Waals surface area contributed by atoms with E-state index in [0.29, 0.717) is 4.90 Å². The van der Waals surface area contributed by atoms with Crippen molar-refractivity contribution in [2.45, 2.75) is 23.9 Å². The second-order valence-electron chi connectivity index (χ2n) is 6.36. The summed E-state index contributed by atoms with van der Waals surface area (Å²) in [5.41, 5.74) is 3.09. The third-order valence-electron chi connectivity index (χ3n) is 4.64. The van der Waals surface area contributed by atoms with Gasteiger partial charge in [0.2, 0.25) is 10.0 Å². The van der Waals surface area contributed by atoms with Crippen LogP contribution in [-0.2, 0) is 10.0 Å². The van der Waals surface area contributed by atoms with Crippen molar-refractivity contribution in [3.63, 3.8) is 0 Å². The Bertz CT molecular complexity index is 922. The third kappa shape index (κ3) is 2.88. The summed E-state index contributed by atoms with van der Waals surface area (Å²) in [6.07, 6.45) is 0. The van der Waals surface area contributed by atoms with Crippen LogP contribution in [0.25, 0.3) is 0 Å². The average molecular weight is 349 g/mol. The zero-order valence-corrected chi connectivity index (χ0v) is 14.7. The zero-order chi connectivity index (χ0) is 17.4. The van der Waals surface area contributed by atoms with Gasteiger partial charge in [-0.05, 0) is 30.2 Å². The second-order valence-corrected chi connectivity index (χ2v) is 8.20. The molecule has 25 heavy (non-hydrogen) atoms. The molecule has 0 amide bonds. The van der Waals surface area contributed by atoms with Crippen LogP contribution in [0.15, 0.2) is 89.8 Å². The largest absolute Gasteiger partial charge is 0.244 e. The molecule has 4 rings (SSSR count). The summed E-state index contributed by atoms with van der Waals surface area (Å²) in [4.78, 5) is 0.345. The van der Waals surface area contributed by atoms with Gasteiger partial charge in [-0.3, -0.25) is 0 Å². The topological polar surface area (TPSA) is 37.1 Å². The molecular formula is C21H19NO2S. The number of nitrogens with zero attached hydrogens (tertiary/aromatic N) is 1. The molecule has 1 saturated heterocycles. The van der Waals surface area contributed by atoms with E-state index in [1.807, 2.05) is 79.7 Å². The Hall–Kier alpha value is -2.43. The molecule has 1 heterocycles. The summed E-state index contributed by atoms with van der Waals surface area (Å²) in [5.74, 6) is 0. The zero-order valence-electron chi connectivity index (χ0n) is 13.9. The lowest BCUT2D eigenvalue weighted by Crippen LogP contribution is -2.13. The quantitative estimate of drug-likeness (QED) is 0.651. The molecule has 2 atom stereocenters. The van der Waals surface area contributed by atoms with Crippen LogP contribution in [0.5, 0.6) is 0 Å². The van der Waals surface area contributed by atoms with Gasteiger partial charge in [-0.25, -0.2) is 8.42 Å². The predicted octanol–water partition coefficient (Wildman–Crippen LogP) is 4.48. The van der Waals surface area contributed by atoms with Crippen molar-refractivity contribution in [2.24, 2.45) is 0 Å². The van der Waals surface area contributed by atoms with Crippen LogP contribution in [0.1, 0.15) is 28.8 Å². The number of sulfonamides is 1. The lowest BCUT2D eigenvalue weighted by atomic mass is 10.0. The van der Waals surface area contributed by atoms with Gasteiger partial charge in [0.15, 0.2) is 0 Å². The van der Waals surface area contributed by atoms with Crippen molar-refractivity contribution in [2.75, 3.05) is 0 Å². The van der Waals surface area contributed by atoms with Gasteiger partial charge >= 0.3 is 0 Å². The minimum absolute atomic E-state index is 0.157. The molecule has 0 spiro atoms. The van der Waals surface area contributed by atoms with E-state index in [9.17, 15) is 8.42 Å². The molecule has 1 aliphatic heterocycles. The average Bonchev–Trinajstić information content (AvgIpc) is 3.40. The van der Waals surface area contributed by atoms with Crippen molar-refractivity contribution in [3.8, 4) is 0 Å². The smallest absolute Gasteiger partial charge is 0.207 e. The van der Waals surface area contributed by atoms with Crippen LogP contribution < -0.4 is 0 Å². The molecule has 0 aliphatic carbocycles.